The maximum absolute atomic E-state index is 10.0. The molecule has 0 amide bonds. The summed E-state index contributed by atoms with van der Waals surface area (Å²) >= 11 is 0. The van der Waals surface area contributed by atoms with Gasteiger partial charge in [0.05, 0.1) is 31.7 Å². The summed E-state index contributed by atoms with van der Waals surface area (Å²) in [6, 6.07) is 1.62. The molecule has 4 rings (SSSR count). The number of morpholine rings is 1. The lowest BCUT2D eigenvalue weighted by Crippen LogP contribution is -2.66. The van der Waals surface area contributed by atoms with Crippen molar-refractivity contribution in [2.45, 2.75) is 49.3 Å². The Morgan fingerprint density at radius 3 is 3.05 bits per heavy atom. The monoisotopic (exact) mass is 306 g/mol. The van der Waals surface area contributed by atoms with Gasteiger partial charge in [-0.25, -0.2) is 4.98 Å². The van der Waals surface area contributed by atoms with E-state index in [1.165, 1.54) is 12.8 Å². The average Bonchev–Trinajstić information content (AvgIpc) is 3.17. The molecule has 22 heavy (non-hydrogen) atoms. The largest absolute Gasteiger partial charge is 0.394 e. The van der Waals surface area contributed by atoms with Crippen LogP contribution in [0.3, 0.4) is 0 Å². The third kappa shape index (κ3) is 2.48. The molecule has 1 aliphatic carbocycles. The topological polar surface area (TPSA) is 62.6 Å². The summed E-state index contributed by atoms with van der Waals surface area (Å²) in [5.41, 5.74) is -0.223. The third-order valence-corrected chi connectivity index (χ3v) is 5.74. The number of nitrogens with one attached hydrogen (secondary N) is 1. The quantitative estimate of drug-likeness (QED) is 0.825. The molecule has 6 heteroatoms. The van der Waals surface area contributed by atoms with Crippen LogP contribution in [0.5, 0.6) is 0 Å². The van der Waals surface area contributed by atoms with E-state index in [9.17, 15) is 5.11 Å². The van der Waals surface area contributed by atoms with Gasteiger partial charge in [-0.3, -0.25) is 4.90 Å². The number of nitrogens with zero attached hydrogens (tertiary/aromatic N) is 3. The van der Waals surface area contributed by atoms with Gasteiger partial charge in [0.2, 0.25) is 0 Å². The van der Waals surface area contributed by atoms with Crippen molar-refractivity contribution < 1.29 is 9.84 Å². The summed E-state index contributed by atoms with van der Waals surface area (Å²) in [5.74, 6) is 0. The third-order valence-electron chi connectivity index (χ3n) is 5.74. The van der Waals surface area contributed by atoms with E-state index in [1.807, 2.05) is 18.7 Å². The molecule has 1 aromatic heterocycles. The van der Waals surface area contributed by atoms with E-state index in [0.29, 0.717) is 24.7 Å². The van der Waals surface area contributed by atoms with Crippen molar-refractivity contribution in [2.75, 3.05) is 32.9 Å². The molecule has 2 aliphatic heterocycles. The SMILES string of the molecule is OC[C@@]1(CNC2CC(n3ccnc3)C2)COC[C@H]2CCCN21. The fourth-order valence-electron chi connectivity index (χ4n) is 4.26. The maximum Gasteiger partial charge on any atom is 0.0948 e. The zero-order chi connectivity index (χ0) is 15.0. The van der Waals surface area contributed by atoms with Gasteiger partial charge in [-0.2, -0.15) is 0 Å². The molecule has 0 bridgehead atoms. The summed E-state index contributed by atoms with van der Waals surface area (Å²) in [6.07, 6.45) is 10.5. The highest BCUT2D eigenvalue weighted by Crippen LogP contribution is 2.34. The van der Waals surface area contributed by atoms with Crippen LogP contribution in [0, 0.1) is 0 Å². The van der Waals surface area contributed by atoms with E-state index >= 15 is 0 Å². The Kier molecular flexibility index (Phi) is 3.94. The van der Waals surface area contributed by atoms with Gasteiger partial charge in [-0.05, 0) is 32.2 Å². The van der Waals surface area contributed by atoms with Crippen LogP contribution in [0.4, 0.5) is 0 Å². The first-order chi connectivity index (χ1) is 10.8. The number of fused-ring (bicyclic) bond motifs is 1. The zero-order valence-electron chi connectivity index (χ0n) is 13.0. The second kappa shape index (κ2) is 5.92. The lowest BCUT2D eigenvalue weighted by molar-refractivity contribution is -0.108. The molecule has 3 fully saturated rings. The predicted octanol–water partition coefficient (Wildman–Crippen LogP) is 0.402. The number of ether oxygens (including phenoxy) is 1. The van der Waals surface area contributed by atoms with Gasteiger partial charge < -0.3 is 19.7 Å². The van der Waals surface area contributed by atoms with Crippen LogP contribution in [-0.2, 0) is 4.74 Å². The van der Waals surface area contributed by atoms with Gasteiger partial charge in [0.15, 0.2) is 0 Å². The molecular weight excluding hydrogens is 280 g/mol. The summed E-state index contributed by atoms with van der Waals surface area (Å²) in [6.45, 7) is 3.56. The Morgan fingerprint density at radius 2 is 2.27 bits per heavy atom. The number of rotatable bonds is 5. The summed E-state index contributed by atoms with van der Waals surface area (Å²) in [5, 5.41) is 13.7. The number of hydrogen-bond donors (Lipinski definition) is 2. The normalized spacial score (nSPS) is 38.7. The standard InChI is InChI=1S/C16H26N4O2/c21-10-16(11-22-8-14-2-1-4-20(14)16)9-18-13-6-15(7-13)19-5-3-17-12-19/h3,5,12-15,18,21H,1-2,4,6-11H2/t13?,14-,15?,16+/m1/s1. The van der Waals surface area contributed by atoms with Crippen molar-refractivity contribution >= 4 is 0 Å². The van der Waals surface area contributed by atoms with Crippen LogP contribution in [-0.4, -0.2) is 70.1 Å². The molecule has 2 atom stereocenters. The first-order valence-electron chi connectivity index (χ1n) is 8.47. The van der Waals surface area contributed by atoms with Gasteiger partial charge in [-0.15, -0.1) is 0 Å². The molecule has 0 unspecified atom stereocenters. The van der Waals surface area contributed by atoms with Crippen molar-refractivity contribution in [1.82, 2.24) is 19.8 Å². The van der Waals surface area contributed by atoms with Gasteiger partial charge in [0.1, 0.15) is 0 Å². The van der Waals surface area contributed by atoms with Crippen LogP contribution >= 0.6 is 0 Å². The lowest BCUT2D eigenvalue weighted by atomic mass is 9.85. The van der Waals surface area contributed by atoms with Gasteiger partial charge in [0, 0.05) is 37.1 Å². The summed E-state index contributed by atoms with van der Waals surface area (Å²) < 4.78 is 7.99. The van der Waals surface area contributed by atoms with Crippen LogP contribution in [0.15, 0.2) is 18.7 Å². The number of aliphatic hydroxyl groups is 1. The highest BCUT2D eigenvalue weighted by atomic mass is 16.5. The van der Waals surface area contributed by atoms with Crippen LogP contribution in [0.2, 0.25) is 0 Å². The molecule has 3 heterocycles. The van der Waals surface area contributed by atoms with Crippen molar-refractivity contribution in [3.05, 3.63) is 18.7 Å². The Balaban J connectivity index is 1.32. The molecule has 6 nitrogen and oxygen atoms in total. The van der Waals surface area contributed by atoms with Gasteiger partial charge >= 0.3 is 0 Å². The van der Waals surface area contributed by atoms with E-state index < -0.39 is 0 Å². The molecular formula is C16H26N4O2. The van der Waals surface area contributed by atoms with E-state index in [-0.39, 0.29) is 12.1 Å². The number of aromatic nitrogens is 2. The van der Waals surface area contributed by atoms with E-state index in [4.69, 9.17) is 4.74 Å². The highest BCUT2D eigenvalue weighted by Gasteiger charge is 2.46. The van der Waals surface area contributed by atoms with Gasteiger partial charge in [0.25, 0.3) is 0 Å². The highest BCUT2D eigenvalue weighted by molar-refractivity contribution is 5.02. The maximum atomic E-state index is 10.0. The Bertz CT molecular complexity index is 488. The van der Waals surface area contributed by atoms with Crippen molar-refractivity contribution in [1.29, 1.82) is 0 Å². The molecule has 0 aromatic carbocycles. The van der Waals surface area contributed by atoms with Crippen LogP contribution in [0.25, 0.3) is 0 Å². The Hall–Kier alpha value is -0.950. The second-order valence-electron chi connectivity index (χ2n) is 7.10. The minimum atomic E-state index is -0.223. The predicted molar refractivity (Wildman–Crippen MR) is 82.7 cm³/mol. The average molecular weight is 306 g/mol. The smallest absolute Gasteiger partial charge is 0.0948 e. The molecule has 0 spiro atoms. The molecule has 2 saturated heterocycles. The Morgan fingerprint density at radius 1 is 1.36 bits per heavy atom. The fourth-order valence-corrected chi connectivity index (χ4v) is 4.26. The van der Waals surface area contributed by atoms with Crippen LogP contribution < -0.4 is 5.32 Å². The zero-order valence-corrected chi connectivity index (χ0v) is 13.0. The number of imidazole rings is 1. The van der Waals surface area contributed by atoms with Crippen molar-refractivity contribution in [2.24, 2.45) is 0 Å². The van der Waals surface area contributed by atoms with E-state index in [2.05, 4.69) is 19.8 Å². The van der Waals surface area contributed by atoms with Crippen molar-refractivity contribution in [3.63, 3.8) is 0 Å². The second-order valence-corrected chi connectivity index (χ2v) is 7.10. The van der Waals surface area contributed by atoms with Crippen LogP contribution in [0.1, 0.15) is 31.7 Å². The molecule has 2 N–H and O–H groups in total. The van der Waals surface area contributed by atoms with Crippen molar-refractivity contribution in [3.8, 4) is 0 Å². The fraction of sp³-hybridized carbons (Fsp3) is 0.812. The van der Waals surface area contributed by atoms with Gasteiger partial charge in [-0.1, -0.05) is 0 Å². The minimum Gasteiger partial charge on any atom is -0.394 e. The lowest BCUT2D eigenvalue weighted by Gasteiger charge is -2.49. The molecule has 1 saturated carbocycles. The first kappa shape index (κ1) is 14.6. The Labute approximate surface area is 131 Å². The summed E-state index contributed by atoms with van der Waals surface area (Å²) in [4.78, 5) is 6.61. The summed E-state index contributed by atoms with van der Waals surface area (Å²) in [7, 11) is 0. The molecule has 3 aliphatic rings. The molecule has 122 valence electrons. The van der Waals surface area contributed by atoms with E-state index in [0.717, 1.165) is 32.5 Å². The molecule has 1 aromatic rings. The number of aliphatic hydroxyl groups excluding tert-OH is 1. The minimum absolute atomic E-state index is 0.175. The number of hydrogen-bond acceptors (Lipinski definition) is 5. The molecule has 0 radical (unpaired) electrons. The first-order valence-corrected chi connectivity index (χ1v) is 8.47. The van der Waals surface area contributed by atoms with E-state index in [1.54, 1.807) is 0 Å².